The van der Waals surface area contributed by atoms with Gasteiger partial charge in [-0.1, -0.05) is 26.2 Å². The summed E-state index contributed by atoms with van der Waals surface area (Å²) < 4.78 is 0. The van der Waals surface area contributed by atoms with E-state index >= 15 is 0 Å². The molecule has 2 fully saturated rings. The molecule has 0 radical (unpaired) electrons. The van der Waals surface area contributed by atoms with Gasteiger partial charge >= 0.3 is 11.9 Å². The molecule has 0 aromatic heterocycles. The van der Waals surface area contributed by atoms with Crippen molar-refractivity contribution >= 4 is 11.9 Å². The van der Waals surface area contributed by atoms with Crippen LogP contribution in [0.4, 0.5) is 0 Å². The topological polar surface area (TPSA) is 74.6 Å². The van der Waals surface area contributed by atoms with Gasteiger partial charge in [0, 0.05) is 0 Å². The minimum absolute atomic E-state index is 0.201. The Bertz CT molecular complexity index is 325. The summed E-state index contributed by atoms with van der Waals surface area (Å²) in [6, 6.07) is 0. The van der Waals surface area contributed by atoms with Crippen LogP contribution in [0.2, 0.25) is 0 Å². The van der Waals surface area contributed by atoms with Crippen molar-refractivity contribution in [1.29, 1.82) is 0 Å². The van der Waals surface area contributed by atoms with Gasteiger partial charge in [-0.3, -0.25) is 9.59 Å². The van der Waals surface area contributed by atoms with Crippen molar-refractivity contribution in [2.24, 2.45) is 29.6 Å². The predicted octanol–water partition coefficient (Wildman–Crippen LogP) is 2.23. The number of aliphatic carboxylic acids is 2. The third-order valence-corrected chi connectivity index (χ3v) is 4.79. The van der Waals surface area contributed by atoms with Gasteiger partial charge in [-0.25, -0.2) is 0 Å². The van der Waals surface area contributed by atoms with Crippen LogP contribution in [0.3, 0.4) is 0 Å². The molecular formula is C13H20O4. The Morgan fingerprint density at radius 1 is 1.06 bits per heavy atom. The summed E-state index contributed by atoms with van der Waals surface area (Å²) in [5.41, 5.74) is 0. The van der Waals surface area contributed by atoms with E-state index in [1.165, 1.54) is 0 Å². The second-order valence-electron chi connectivity index (χ2n) is 5.61. The fourth-order valence-corrected chi connectivity index (χ4v) is 3.92. The van der Waals surface area contributed by atoms with Crippen LogP contribution < -0.4 is 0 Å². The molecular weight excluding hydrogens is 220 g/mol. The van der Waals surface area contributed by atoms with Gasteiger partial charge in [0.2, 0.25) is 0 Å². The normalized spacial score (nSPS) is 41.6. The van der Waals surface area contributed by atoms with E-state index in [1.807, 2.05) is 0 Å². The zero-order valence-electron chi connectivity index (χ0n) is 10.1. The number of hydrogen-bond donors (Lipinski definition) is 2. The highest BCUT2D eigenvalue weighted by molar-refractivity contribution is 5.75. The van der Waals surface area contributed by atoms with Crippen molar-refractivity contribution in [2.75, 3.05) is 0 Å². The van der Waals surface area contributed by atoms with Crippen LogP contribution >= 0.6 is 0 Å². The Morgan fingerprint density at radius 2 is 1.71 bits per heavy atom. The standard InChI is InChI=1S/C13H20O4/c1-7-10(12(14)15)6-8-4-2-3-5-9(8)11(7)13(16)17/h7-11H,2-6H2,1H3,(H,14,15)(H,16,17). The van der Waals surface area contributed by atoms with Crippen LogP contribution in [0.15, 0.2) is 0 Å². The van der Waals surface area contributed by atoms with E-state index < -0.39 is 23.8 Å². The Kier molecular flexibility index (Phi) is 3.40. The maximum absolute atomic E-state index is 11.4. The van der Waals surface area contributed by atoms with Crippen molar-refractivity contribution < 1.29 is 19.8 Å². The third-order valence-electron chi connectivity index (χ3n) is 4.79. The van der Waals surface area contributed by atoms with E-state index in [-0.39, 0.29) is 11.8 Å². The molecule has 0 spiro atoms. The molecule has 4 heteroatoms. The highest BCUT2D eigenvalue weighted by Gasteiger charge is 2.48. The number of rotatable bonds is 2. The first-order valence-electron chi connectivity index (χ1n) is 6.48. The van der Waals surface area contributed by atoms with Crippen molar-refractivity contribution in [3.8, 4) is 0 Å². The van der Waals surface area contributed by atoms with Crippen molar-refractivity contribution in [3.05, 3.63) is 0 Å². The Labute approximate surface area is 101 Å². The Balaban J connectivity index is 2.25. The zero-order valence-corrected chi connectivity index (χ0v) is 10.1. The monoisotopic (exact) mass is 240 g/mol. The smallest absolute Gasteiger partial charge is 0.307 e. The maximum Gasteiger partial charge on any atom is 0.307 e. The van der Waals surface area contributed by atoms with Gasteiger partial charge in [0.1, 0.15) is 0 Å². The van der Waals surface area contributed by atoms with Gasteiger partial charge in [-0.2, -0.15) is 0 Å². The Morgan fingerprint density at radius 3 is 2.29 bits per heavy atom. The molecule has 96 valence electrons. The first-order valence-corrected chi connectivity index (χ1v) is 6.48. The van der Waals surface area contributed by atoms with E-state index in [0.717, 1.165) is 25.7 Å². The number of fused-ring (bicyclic) bond motifs is 1. The summed E-state index contributed by atoms with van der Waals surface area (Å²) in [6.45, 7) is 1.79. The fraction of sp³-hybridized carbons (Fsp3) is 0.846. The molecule has 2 aliphatic carbocycles. The van der Waals surface area contributed by atoms with Crippen molar-refractivity contribution in [1.82, 2.24) is 0 Å². The van der Waals surface area contributed by atoms with Gasteiger partial charge < -0.3 is 10.2 Å². The summed E-state index contributed by atoms with van der Waals surface area (Å²) in [5.74, 6) is -2.31. The van der Waals surface area contributed by atoms with Crippen LogP contribution in [0, 0.1) is 29.6 Å². The molecule has 5 unspecified atom stereocenters. The van der Waals surface area contributed by atoms with Crippen molar-refractivity contribution in [3.63, 3.8) is 0 Å². The van der Waals surface area contributed by atoms with Crippen LogP contribution in [0.1, 0.15) is 39.0 Å². The van der Waals surface area contributed by atoms with Gasteiger partial charge in [-0.05, 0) is 30.6 Å². The SMILES string of the molecule is CC1C(C(=O)O)CC2CCCCC2C1C(=O)O. The quantitative estimate of drug-likeness (QED) is 0.776. The lowest BCUT2D eigenvalue weighted by atomic mass is 9.58. The maximum atomic E-state index is 11.4. The summed E-state index contributed by atoms with van der Waals surface area (Å²) >= 11 is 0. The average Bonchev–Trinajstić information content (AvgIpc) is 2.27. The predicted molar refractivity (Wildman–Crippen MR) is 61.5 cm³/mol. The van der Waals surface area contributed by atoms with Crippen LogP contribution in [0.25, 0.3) is 0 Å². The van der Waals surface area contributed by atoms with E-state index in [1.54, 1.807) is 6.92 Å². The highest BCUT2D eigenvalue weighted by Crippen LogP contribution is 2.48. The van der Waals surface area contributed by atoms with Crippen LogP contribution in [-0.2, 0) is 9.59 Å². The molecule has 0 heterocycles. The molecule has 0 aliphatic heterocycles. The van der Waals surface area contributed by atoms with Crippen molar-refractivity contribution in [2.45, 2.75) is 39.0 Å². The number of carboxylic acid groups (broad SMARTS) is 2. The molecule has 17 heavy (non-hydrogen) atoms. The van der Waals surface area contributed by atoms with Gasteiger partial charge in [0.05, 0.1) is 11.8 Å². The molecule has 0 aromatic rings. The second kappa shape index (κ2) is 4.67. The lowest BCUT2D eigenvalue weighted by Crippen LogP contribution is -2.46. The van der Waals surface area contributed by atoms with Gasteiger partial charge in [0.25, 0.3) is 0 Å². The molecule has 0 saturated heterocycles. The lowest BCUT2D eigenvalue weighted by molar-refractivity contribution is -0.158. The summed E-state index contributed by atoms with van der Waals surface area (Å²) in [5, 5.41) is 18.6. The minimum Gasteiger partial charge on any atom is -0.481 e. The Hall–Kier alpha value is -1.06. The van der Waals surface area contributed by atoms with E-state index in [0.29, 0.717) is 12.3 Å². The number of carboxylic acids is 2. The lowest BCUT2D eigenvalue weighted by Gasteiger charge is -2.45. The van der Waals surface area contributed by atoms with Crippen LogP contribution in [0.5, 0.6) is 0 Å². The number of hydrogen-bond acceptors (Lipinski definition) is 2. The minimum atomic E-state index is -0.826. The van der Waals surface area contributed by atoms with E-state index in [9.17, 15) is 19.8 Å². The summed E-state index contributed by atoms with van der Waals surface area (Å²) in [6.07, 6.45) is 4.85. The van der Waals surface area contributed by atoms with E-state index in [4.69, 9.17) is 0 Å². The molecule has 0 bridgehead atoms. The first kappa shape index (κ1) is 12.4. The van der Waals surface area contributed by atoms with Gasteiger partial charge in [-0.15, -0.1) is 0 Å². The molecule has 5 atom stereocenters. The second-order valence-corrected chi connectivity index (χ2v) is 5.61. The molecule has 4 nitrogen and oxygen atoms in total. The summed E-state index contributed by atoms with van der Waals surface area (Å²) in [4.78, 5) is 22.6. The van der Waals surface area contributed by atoms with Gasteiger partial charge in [0.15, 0.2) is 0 Å². The zero-order chi connectivity index (χ0) is 12.6. The molecule has 2 N–H and O–H groups in total. The highest BCUT2D eigenvalue weighted by atomic mass is 16.4. The third kappa shape index (κ3) is 2.17. The average molecular weight is 240 g/mol. The molecule has 2 rings (SSSR count). The fourth-order valence-electron chi connectivity index (χ4n) is 3.92. The van der Waals surface area contributed by atoms with E-state index in [2.05, 4.69) is 0 Å². The largest absolute Gasteiger partial charge is 0.481 e. The summed E-state index contributed by atoms with van der Waals surface area (Å²) in [7, 11) is 0. The number of carbonyl (C=O) groups is 2. The van der Waals surface area contributed by atoms with Crippen LogP contribution in [-0.4, -0.2) is 22.2 Å². The first-order chi connectivity index (χ1) is 8.02. The molecule has 2 aliphatic rings. The molecule has 2 saturated carbocycles. The molecule has 0 aromatic carbocycles. The molecule has 0 amide bonds.